The maximum Gasteiger partial charge on any atom is 0.332 e. The number of hydrogen-bond donors (Lipinski definition) is 0. The van der Waals surface area contributed by atoms with Crippen LogP contribution in [0.15, 0.2) is 12.2 Å². The molecule has 0 spiro atoms. The van der Waals surface area contributed by atoms with Gasteiger partial charge in [-0.25, -0.2) is 4.79 Å². The molecule has 0 aromatic heterocycles. The van der Waals surface area contributed by atoms with E-state index in [0.29, 0.717) is 0 Å². The summed E-state index contributed by atoms with van der Waals surface area (Å²) >= 11 is 0. The maximum atomic E-state index is 10.5. The van der Waals surface area contributed by atoms with E-state index >= 15 is 0 Å². The van der Waals surface area contributed by atoms with E-state index in [9.17, 15) is 14.9 Å². The molecule has 0 unspecified atom stereocenters. The van der Waals surface area contributed by atoms with Crippen molar-refractivity contribution in [1.29, 1.82) is 0 Å². The Morgan fingerprint density at radius 2 is 2.33 bits per heavy atom. The zero-order valence-corrected chi connectivity index (χ0v) is 6.56. The molecular weight excluding hydrogens is 166 g/mol. The number of allylic oxidation sites excluding steroid dienone is 1. The van der Waals surface area contributed by atoms with Gasteiger partial charge in [0.1, 0.15) is 6.61 Å². The van der Waals surface area contributed by atoms with Crippen LogP contribution in [0.5, 0.6) is 0 Å². The summed E-state index contributed by atoms with van der Waals surface area (Å²) < 4.78 is 4.48. The summed E-state index contributed by atoms with van der Waals surface area (Å²) in [6.45, 7) is 1.21. The van der Waals surface area contributed by atoms with Crippen molar-refractivity contribution in [2.45, 2.75) is 6.92 Å². The van der Waals surface area contributed by atoms with Crippen LogP contribution in [-0.4, -0.2) is 24.3 Å². The predicted octanol–water partition coefficient (Wildman–Crippen LogP) is 0.314. The van der Waals surface area contributed by atoms with Crippen molar-refractivity contribution in [2.24, 2.45) is 0 Å². The van der Waals surface area contributed by atoms with Crippen LogP contribution in [0.1, 0.15) is 6.92 Å². The van der Waals surface area contributed by atoms with Crippen LogP contribution in [0.25, 0.3) is 0 Å². The molecule has 0 saturated carbocycles. The fourth-order valence-corrected chi connectivity index (χ4v) is 0.384. The third-order valence-corrected chi connectivity index (χ3v) is 0.864. The molecule has 0 heterocycles. The van der Waals surface area contributed by atoms with Gasteiger partial charge in [0.2, 0.25) is 0 Å². The second-order valence-corrected chi connectivity index (χ2v) is 1.75. The highest BCUT2D eigenvalue weighted by atomic mass is 17.0. The summed E-state index contributed by atoms with van der Waals surface area (Å²) in [5.41, 5.74) is 0. The molecule has 0 N–H and O–H groups in total. The monoisotopic (exact) mass is 175 g/mol. The Morgan fingerprint density at radius 3 is 2.83 bits per heavy atom. The predicted molar refractivity (Wildman–Crippen MR) is 38.7 cm³/mol. The highest BCUT2D eigenvalue weighted by Gasteiger charge is 2.03. The van der Waals surface area contributed by atoms with Gasteiger partial charge in [0.25, 0.3) is 5.09 Å². The number of nitrogens with zero attached hydrogens (tertiary/aromatic N) is 1. The summed E-state index contributed by atoms with van der Waals surface area (Å²) in [6.07, 6.45) is 3.30. The molecule has 0 aliphatic rings. The van der Waals surface area contributed by atoms with E-state index in [2.05, 4.69) is 9.57 Å². The van der Waals surface area contributed by atoms with Crippen molar-refractivity contribution < 1.29 is 19.5 Å². The van der Waals surface area contributed by atoms with Crippen LogP contribution in [0.2, 0.25) is 0 Å². The van der Waals surface area contributed by atoms with Gasteiger partial charge < -0.3 is 9.57 Å². The first-order chi connectivity index (χ1) is 5.66. The lowest BCUT2D eigenvalue weighted by molar-refractivity contribution is -0.754. The normalized spacial score (nSPS) is 9.75. The van der Waals surface area contributed by atoms with Gasteiger partial charge in [0, 0.05) is 0 Å². The van der Waals surface area contributed by atoms with E-state index < -0.39 is 17.7 Å². The summed E-state index contributed by atoms with van der Waals surface area (Å²) in [5, 5.41) is 8.55. The number of carbonyl (C=O) groups is 1. The first-order valence-corrected chi connectivity index (χ1v) is 3.21. The van der Waals surface area contributed by atoms with Gasteiger partial charge in [-0.15, -0.1) is 10.1 Å². The van der Waals surface area contributed by atoms with E-state index in [1.54, 1.807) is 19.1 Å². The van der Waals surface area contributed by atoms with E-state index in [-0.39, 0.29) is 6.61 Å². The first kappa shape index (κ1) is 10.4. The molecule has 0 rings (SSSR count). The second-order valence-electron chi connectivity index (χ2n) is 1.75. The van der Waals surface area contributed by atoms with Crippen molar-refractivity contribution in [1.82, 2.24) is 0 Å². The van der Waals surface area contributed by atoms with E-state index in [1.807, 2.05) is 0 Å². The van der Waals surface area contributed by atoms with Crippen LogP contribution in [0.4, 0.5) is 0 Å². The van der Waals surface area contributed by atoms with Gasteiger partial charge in [-0.3, -0.25) is 0 Å². The highest BCUT2D eigenvalue weighted by Crippen LogP contribution is 1.82. The quantitative estimate of drug-likeness (QED) is 0.260. The Kier molecular flexibility index (Phi) is 5.33. The zero-order valence-electron chi connectivity index (χ0n) is 6.56. The van der Waals surface area contributed by atoms with Crippen LogP contribution in [0.3, 0.4) is 0 Å². The standard InChI is InChI=1S/C6H9NO5/c1-2-3-4-11-6(8)5-12-7(9)10/h2-3H,4-5H2,1H3/b3-2+. The summed E-state index contributed by atoms with van der Waals surface area (Å²) in [5.74, 6) is -0.759. The number of carbonyl (C=O) groups excluding carboxylic acids is 1. The molecule has 0 atom stereocenters. The topological polar surface area (TPSA) is 78.7 Å². The Labute approximate surface area is 68.9 Å². The molecule has 0 aliphatic carbocycles. The number of esters is 1. The lowest BCUT2D eigenvalue weighted by Gasteiger charge is -1.99. The summed E-state index contributed by atoms with van der Waals surface area (Å²) in [4.78, 5) is 23.9. The minimum Gasteiger partial charge on any atom is -0.460 e. The fraction of sp³-hybridized carbons (Fsp3) is 0.500. The third kappa shape index (κ3) is 6.53. The van der Waals surface area contributed by atoms with Gasteiger partial charge in [-0.05, 0) is 6.92 Å². The molecule has 0 saturated heterocycles. The lowest BCUT2D eigenvalue weighted by Crippen LogP contribution is -2.15. The van der Waals surface area contributed by atoms with Crippen molar-refractivity contribution in [3.05, 3.63) is 22.3 Å². The van der Waals surface area contributed by atoms with Crippen LogP contribution >= 0.6 is 0 Å². The average Bonchev–Trinajstić information content (AvgIpc) is 2.01. The van der Waals surface area contributed by atoms with Gasteiger partial charge in [-0.2, -0.15) is 0 Å². The summed E-state index contributed by atoms with van der Waals surface area (Å²) in [6, 6.07) is 0. The van der Waals surface area contributed by atoms with E-state index in [0.717, 1.165) is 0 Å². The van der Waals surface area contributed by atoms with Gasteiger partial charge >= 0.3 is 5.97 Å². The Bertz CT molecular complexity index is 188. The van der Waals surface area contributed by atoms with E-state index in [4.69, 9.17) is 0 Å². The average molecular weight is 175 g/mol. The Balaban J connectivity index is 3.40. The summed E-state index contributed by atoms with van der Waals surface area (Å²) in [7, 11) is 0. The Hall–Kier alpha value is -1.59. The second kappa shape index (κ2) is 6.14. The fourth-order valence-electron chi connectivity index (χ4n) is 0.384. The SMILES string of the molecule is C/C=C/COC(=O)CO[N+](=O)[O-]. The third-order valence-electron chi connectivity index (χ3n) is 0.864. The highest BCUT2D eigenvalue weighted by molar-refractivity contribution is 5.70. The number of hydrogen-bond acceptors (Lipinski definition) is 5. The molecule has 6 heteroatoms. The van der Waals surface area contributed by atoms with Crippen molar-refractivity contribution in [2.75, 3.05) is 13.2 Å². The smallest absolute Gasteiger partial charge is 0.332 e. The molecule has 12 heavy (non-hydrogen) atoms. The molecule has 0 fully saturated rings. The maximum absolute atomic E-state index is 10.5. The molecule has 68 valence electrons. The van der Waals surface area contributed by atoms with Crippen LogP contribution in [-0.2, 0) is 14.4 Å². The molecule has 0 aromatic rings. The van der Waals surface area contributed by atoms with Crippen LogP contribution < -0.4 is 0 Å². The zero-order chi connectivity index (χ0) is 9.40. The minimum absolute atomic E-state index is 0.108. The van der Waals surface area contributed by atoms with Gasteiger partial charge in [0.05, 0.1) is 0 Å². The van der Waals surface area contributed by atoms with Gasteiger partial charge in [-0.1, -0.05) is 12.2 Å². The van der Waals surface area contributed by atoms with Gasteiger partial charge in [0.15, 0.2) is 6.61 Å². The molecular formula is C6H9NO5. The van der Waals surface area contributed by atoms with Crippen molar-refractivity contribution in [3.8, 4) is 0 Å². The molecule has 0 aromatic carbocycles. The van der Waals surface area contributed by atoms with Crippen molar-refractivity contribution in [3.63, 3.8) is 0 Å². The van der Waals surface area contributed by atoms with E-state index in [1.165, 1.54) is 0 Å². The number of ether oxygens (including phenoxy) is 1. The number of rotatable bonds is 5. The molecule has 0 bridgehead atoms. The van der Waals surface area contributed by atoms with Crippen LogP contribution in [0, 0.1) is 10.1 Å². The molecule has 0 radical (unpaired) electrons. The largest absolute Gasteiger partial charge is 0.460 e. The first-order valence-electron chi connectivity index (χ1n) is 3.21. The van der Waals surface area contributed by atoms with Crippen molar-refractivity contribution >= 4 is 5.97 Å². The molecule has 0 aliphatic heterocycles. The lowest BCUT2D eigenvalue weighted by atomic mass is 10.5. The Morgan fingerprint density at radius 1 is 1.67 bits per heavy atom. The molecule has 0 amide bonds. The minimum atomic E-state index is -1.04. The molecule has 6 nitrogen and oxygen atoms in total.